The lowest BCUT2D eigenvalue weighted by Gasteiger charge is -2.26. The predicted molar refractivity (Wildman–Crippen MR) is 126 cm³/mol. The fourth-order valence-corrected chi connectivity index (χ4v) is 4.68. The minimum Gasteiger partial charge on any atom is -0.429 e. The van der Waals surface area contributed by atoms with E-state index in [0.29, 0.717) is 12.3 Å². The van der Waals surface area contributed by atoms with Crippen LogP contribution in [-0.2, 0) is 12.5 Å². The summed E-state index contributed by atoms with van der Waals surface area (Å²) in [5.41, 5.74) is -1.67. The molecular weight excluding hydrogens is 539 g/mol. The molecule has 0 spiro atoms. The molecule has 0 N–H and O–H groups in total. The van der Waals surface area contributed by atoms with Crippen molar-refractivity contribution < 1.29 is 49.0 Å². The fraction of sp³-hybridized carbons (Fsp3) is 0.429. The minimum atomic E-state index is -4.72. The summed E-state index contributed by atoms with van der Waals surface area (Å²) in [4.78, 5) is 0. The summed E-state index contributed by atoms with van der Waals surface area (Å²) < 4.78 is 131. The van der Waals surface area contributed by atoms with Gasteiger partial charge in [-0.05, 0) is 68.1 Å². The molecule has 11 heteroatoms. The van der Waals surface area contributed by atoms with E-state index in [4.69, 9.17) is 0 Å². The monoisotopic (exact) mass is 566 g/mol. The third-order valence-electron chi connectivity index (χ3n) is 6.55. The summed E-state index contributed by atoms with van der Waals surface area (Å²) >= 11 is 0. The number of hydrogen-bond donors (Lipinski definition) is 0. The van der Waals surface area contributed by atoms with Gasteiger partial charge in [-0.3, -0.25) is 0 Å². The van der Waals surface area contributed by atoms with E-state index < -0.39 is 58.5 Å². The Bertz CT molecular complexity index is 1150. The van der Waals surface area contributed by atoms with Crippen molar-refractivity contribution in [3.05, 3.63) is 82.9 Å². The third-order valence-corrected chi connectivity index (χ3v) is 6.55. The van der Waals surface area contributed by atoms with E-state index in [1.807, 2.05) is 6.08 Å². The van der Waals surface area contributed by atoms with E-state index in [9.17, 15) is 39.5 Å². The third kappa shape index (κ3) is 8.19. The highest BCUT2D eigenvalue weighted by molar-refractivity contribution is 5.37. The quantitative estimate of drug-likeness (QED) is 0.153. The van der Waals surface area contributed by atoms with Crippen molar-refractivity contribution in [2.75, 3.05) is 0 Å². The molecule has 0 saturated heterocycles. The van der Waals surface area contributed by atoms with Crippen molar-refractivity contribution in [1.82, 2.24) is 0 Å². The van der Waals surface area contributed by atoms with Gasteiger partial charge >= 0.3 is 18.2 Å². The summed E-state index contributed by atoms with van der Waals surface area (Å²) in [7, 11) is 0. The first-order valence-corrected chi connectivity index (χ1v) is 12.5. The SMILES string of the molecule is CCCC1CCC(C=CCCc2cc(F)c(C(F)(F)Oc3cc(F)c(OC(F)=C(F)F)c(F)c3)c(F)c2)CC1. The number of alkyl halides is 2. The zero-order chi connectivity index (χ0) is 28.7. The van der Waals surface area contributed by atoms with Crippen LogP contribution in [0.25, 0.3) is 0 Å². The molecule has 0 atom stereocenters. The first-order chi connectivity index (χ1) is 18.4. The maximum Gasteiger partial charge on any atom is 0.432 e. The Morgan fingerprint density at radius 3 is 2.03 bits per heavy atom. The maximum atomic E-state index is 14.6. The lowest BCUT2D eigenvalue weighted by atomic mass is 9.80. The van der Waals surface area contributed by atoms with Crippen LogP contribution in [0.1, 0.15) is 63.0 Å². The average Bonchev–Trinajstić information content (AvgIpc) is 2.84. The molecule has 2 aromatic rings. The second-order valence-electron chi connectivity index (χ2n) is 9.44. The molecule has 214 valence electrons. The summed E-state index contributed by atoms with van der Waals surface area (Å²) in [5.74, 6) is -8.75. The zero-order valence-corrected chi connectivity index (χ0v) is 21.0. The Hall–Kier alpha value is -3.11. The van der Waals surface area contributed by atoms with Crippen LogP contribution in [0, 0.1) is 35.1 Å². The standard InChI is InChI=1S/C28H27F9O2/c1-2-5-16-8-10-17(11-9-16)6-3-4-7-18-12-20(29)24(21(30)13-18)28(36,37)39-19-14-22(31)25(23(32)15-19)38-27(35)26(33)34/h3,6,12-17H,2,4-5,7-11H2,1H3. The van der Waals surface area contributed by atoms with Gasteiger partial charge in [0.05, 0.1) is 0 Å². The van der Waals surface area contributed by atoms with E-state index in [1.165, 1.54) is 25.7 Å². The van der Waals surface area contributed by atoms with Crippen molar-refractivity contribution in [1.29, 1.82) is 0 Å². The van der Waals surface area contributed by atoms with Crippen LogP contribution in [0.2, 0.25) is 0 Å². The van der Waals surface area contributed by atoms with Crippen LogP contribution in [0.3, 0.4) is 0 Å². The summed E-state index contributed by atoms with van der Waals surface area (Å²) in [6.45, 7) is 2.17. The lowest BCUT2D eigenvalue weighted by molar-refractivity contribution is -0.189. The number of allylic oxidation sites excluding steroid dienone is 2. The highest BCUT2D eigenvalue weighted by Gasteiger charge is 2.41. The van der Waals surface area contributed by atoms with Crippen molar-refractivity contribution in [3.63, 3.8) is 0 Å². The Morgan fingerprint density at radius 2 is 1.49 bits per heavy atom. The van der Waals surface area contributed by atoms with Crippen LogP contribution in [0.15, 0.2) is 48.5 Å². The van der Waals surface area contributed by atoms with Crippen LogP contribution < -0.4 is 9.47 Å². The number of rotatable bonds is 11. The molecule has 0 amide bonds. The highest BCUT2D eigenvalue weighted by Crippen LogP contribution is 2.38. The Labute approximate surface area is 220 Å². The molecule has 0 radical (unpaired) electrons. The van der Waals surface area contributed by atoms with Gasteiger partial charge in [0.2, 0.25) is 5.75 Å². The summed E-state index contributed by atoms with van der Waals surface area (Å²) in [5, 5.41) is 0. The molecule has 39 heavy (non-hydrogen) atoms. The van der Waals surface area contributed by atoms with Gasteiger partial charge in [0.25, 0.3) is 0 Å². The number of aryl methyl sites for hydroxylation is 1. The summed E-state index contributed by atoms with van der Waals surface area (Å²) in [6.07, 6.45) is 3.78. The van der Waals surface area contributed by atoms with E-state index in [1.54, 1.807) is 0 Å². The van der Waals surface area contributed by atoms with E-state index in [0.717, 1.165) is 30.9 Å². The van der Waals surface area contributed by atoms with Gasteiger partial charge in [0, 0.05) is 12.1 Å². The Kier molecular flexibility index (Phi) is 10.4. The van der Waals surface area contributed by atoms with Crippen molar-refractivity contribution in [2.45, 2.75) is 64.4 Å². The molecule has 2 aromatic carbocycles. The van der Waals surface area contributed by atoms with Crippen LogP contribution in [0.5, 0.6) is 11.5 Å². The van der Waals surface area contributed by atoms with Crippen LogP contribution in [-0.4, -0.2) is 0 Å². The van der Waals surface area contributed by atoms with Gasteiger partial charge in [-0.1, -0.05) is 31.9 Å². The average molecular weight is 567 g/mol. The van der Waals surface area contributed by atoms with Gasteiger partial charge in [0.15, 0.2) is 11.6 Å². The van der Waals surface area contributed by atoms with E-state index in [-0.39, 0.29) is 24.1 Å². The van der Waals surface area contributed by atoms with E-state index in [2.05, 4.69) is 22.5 Å². The first-order valence-electron chi connectivity index (χ1n) is 12.5. The van der Waals surface area contributed by atoms with Crippen molar-refractivity contribution >= 4 is 0 Å². The van der Waals surface area contributed by atoms with Crippen LogP contribution in [0.4, 0.5) is 39.5 Å². The molecule has 0 aliphatic heterocycles. The molecule has 0 heterocycles. The summed E-state index contributed by atoms with van der Waals surface area (Å²) in [6, 6.07) is -1.05. The van der Waals surface area contributed by atoms with Gasteiger partial charge in [-0.25, -0.2) is 17.6 Å². The Morgan fingerprint density at radius 1 is 0.897 bits per heavy atom. The minimum absolute atomic E-state index is 0.0581. The normalized spacial score (nSPS) is 17.9. The smallest absolute Gasteiger partial charge is 0.429 e. The van der Waals surface area contributed by atoms with Gasteiger partial charge in [0.1, 0.15) is 22.9 Å². The van der Waals surface area contributed by atoms with Crippen molar-refractivity contribution in [3.8, 4) is 11.5 Å². The molecule has 1 saturated carbocycles. The first kappa shape index (κ1) is 30.4. The number of benzene rings is 2. The molecule has 0 bridgehead atoms. The fourth-order valence-electron chi connectivity index (χ4n) is 4.68. The second kappa shape index (κ2) is 13.3. The highest BCUT2D eigenvalue weighted by atomic mass is 19.3. The molecule has 3 rings (SSSR count). The van der Waals surface area contributed by atoms with Gasteiger partial charge in [-0.15, -0.1) is 0 Å². The predicted octanol–water partition coefficient (Wildman–Crippen LogP) is 9.88. The molecule has 0 aromatic heterocycles. The molecule has 2 nitrogen and oxygen atoms in total. The zero-order valence-electron chi connectivity index (χ0n) is 21.0. The topological polar surface area (TPSA) is 18.5 Å². The number of ether oxygens (including phenoxy) is 2. The molecular formula is C28H27F9O2. The van der Waals surface area contributed by atoms with Crippen molar-refractivity contribution in [2.24, 2.45) is 11.8 Å². The van der Waals surface area contributed by atoms with Gasteiger partial charge < -0.3 is 9.47 Å². The molecule has 1 fully saturated rings. The number of hydrogen-bond acceptors (Lipinski definition) is 2. The molecule has 1 aliphatic carbocycles. The molecule has 1 aliphatic rings. The number of halogens is 9. The Balaban J connectivity index is 1.65. The largest absolute Gasteiger partial charge is 0.432 e. The maximum absolute atomic E-state index is 14.6. The molecule has 0 unspecified atom stereocenters. The second-order valence-corrected chi connectivity index (χ2v) is 9.44. The van der Waals surface area contributed by atoms with E-state index >= 15 is 0 Å². The lowest BCUT2D eigenvalue weighted by Crippen LogP contribution is -2.25. The van der Waals surface area contributed by atoms with Crippen LogP contribution >= 0.6 is 0 Å². The van der Waals surface area contributed by atoms with Gasteiger partial charge in [-0.2, -0.15) is 22.0 Å².